The molecule has 4 heteroatoms. The Morgan fingerprint density at radius 3 is 2.91 bits per heavy atom. The molecule has 2 heterocycles. The van der Waals surface area contributed by atoms with Crippen LogP contribution in [0.4, 0.5) is 5.95 Å². The van der Waals surface area contributed by atoms with Crippen LogP contribution in [0.5, 0.6) is 0 Å². The molecule has 2 aliphatic carbocycles. The second kappa shape index (κ2) is 5.08. The Kier molecular flexibility index (Phi) is 2.90. The number of rotatable bonds is 2. The lowest BCUT2D eigenvalue weighted by Crippen LogP contribution is -2.23. The number of fused-ring (bicyclic) bond motifs is 2. The van der Waals surface area contributed by atoms with Gasteiger partial charge in [-0.05, 0) is 24.5 Å². The molecule has 2 N–H and O–H groups in total. The average Bonchev–Trinajstić information content (AvgIpc) is 3.03. The molecule has 1 saturated carbocycles. The monoisotopic (exact) mass is 304 g/mol. The van der Waals surface area contributed by atoms with Gasteiger partial charge >= 0.3 is 0 Å². The highest BCUT2D eigenvalue weighted by atomic mass is 15.1. The molecule has 2 aliphatic rings. The van der Waals surface area contributed by atoms with Crippen molar-refractivity contribution < 1.29 is 0 Å². The van der Waals surface area contributed by atoms with E-state index in [4.69, 9.17) is 4.98 Å². The summed E-state index contributed by atoms with van der Waals surface area (Å²) >= 11 is 0. The van der Waals surface area contributed by atoms with E-state index in [0.717, 1.165) is 18.1 Å². The molecule has 0 unspecified atom stereocenters. The van der Waals surface area contributed by atoms with Gasteiger partial charge in [0.05, 0.1) is 5.69 Å². The SMILES string of the molecule is c1cc2c3c(c[nH]c3c1)-c1nc(NC3CCCCC3)ncc1C2. The van der Waals surface area contributed by atoms with E-state index >= 15 is 0 Å². The van der Waals surface area contributed by atoms with Crippen molar-refractivity contribution in [1.82, 2.24) is 15.0 Å². The van der Waals surface area contributed by atoms with Crippen molar-refractivity contribution in [2.45, 2.75) is 44.6 Å². The lowest BCUT2D eigenvalue weighted by molar-refractivity contribution is 0.461. The number of aromatic amines is 1. The molecule has 0 amide bonds. The Bertz CT molecular complexity index is 874. The van der Waals surface area contributed by atoms with Crippen molar-refractivity contribution in [3.63, 3.8) is 0 Å². The zero-order valence-electron chi connectivity index (χ0n) is 13.1. The zero-order chi connectivity index (χ0) is 15.2. The summed E-state index contributed by atoms with van der Waals surface area (Å²) in [7, 11) is 0. The smallest absolute Gasteiger partial charge is 0.223 e. The van der Waals surface area contributed by atoms with Crippen molar-refractivity contribution in [3.05, 3.63) is 41.7 Å². The number of nitrogens with zero attached hydrogens (tertiary/aromatic N) is 2. The molecule has 0 radical (unpaired) electrons. The quantitative estimate of drug-likeness (QED) is 0.581. The molecule has 3 aromatic rings. The van der Waals surface area contributed by atoms with Gasteiger partial charge < -0.3 is 10.3 Å². The largest absolute Gasteiger partial charge is 0.360 e. The normalized spacial score (nSPS) is 17.2. The Morgan fingerprint density at radius 1 is 1.09 bits per heavy atom. The Morgan fingerprint density at radius 2 is 2.00 bits per heavy atom. The first-order valence-electron chi connectivity index (χ1n) is 8.60. The molecule has 23 heavy (non-hydrogen) atoms. The van der Waals surface area contributed by atoms with Crippen LogP contribution in [0.3, 0.4) is 0 Å². The number of hydrogen-bond acceptors (Lipinski definition) is 3. The minimum absolute atomic E-state index is 0.531. The first kappa shape index (κ1) is 13.1. The van der Waals surface area contributed by atoms with Crippen LogP contribution >= 0.6 is 0 Å². The fourth-order valence-electron chi connectivity index (χ4n) is 4.07. The van der Waals surface area contributed by atoms with E-state index in [1.807, 2.05) is 6.20 Å². The number of aromatic nitrogens is 3. The third-order valence-corrected chi connectivity index (χ3v) is 5.23. The summed E-state index contributed by atoms with van der Waals surface area (Å²) in [5, 5.41) is 4.87. The maximum absolute atomic E-state index is 4.86. The van der Waals surface area contributed by atoms with E-state index in [1.165, 1.54) is 59.7 Å². The van der Waals surface area contributed by atoms with Crippen LogP contribution < -0.4 is 5.32 Å². The maximum atomic E-state index is 4.86. The lowest BCUT2D eigenvalue weighted by Gasteiger charge is -2.23. The maximum Gasteiger partial charge on any atom is 0.223 e. The van der Waals surface area contributed by atoms with Crippen molar-refractivity contribution in [2.24, 2.45) is 0 Å². The number of hydrogen-bond donors (Lipinski definition) is 2. The zero-order valence-corrected chi connectivity index (χ0v) is 13.1. The standard InChI is InChI=1S/C19H20N4/c1-2-6-14(7-3-1)22-19-21-10-13-9-12-5-4-8-16-17(12)15(11-20-16)18(13)23-19/h4-5,8,10-11,14,20H,1-3,6-7,9H2,(H,21,22,23). The van der Waals surface area contributed by atoms with Crippen LogP contribution in [-0.4, -0.2) is 21.0 Å². The second-order valence-corrected chi connectivity index (χ2v) is 6.77. The minimum atomic E-state index is 0.531. The van der Waals surface area contributed by atoms with Crippen LogP contribution in [0.1, 0.15) is 43.2 Å². The molecule has 0 bridgehead atoms. The third-order valence-electron chi connectivity index (χ3n) is 5.23. The number of H-pyrrole nitrogens is 1. The highest BCUT2D eigenvalue weighted by Crippen LogP contribution is 2.38. The topological polar surface area (TPSA) is 53.6 Å². The second-order valence-electron chi connectivity index (χ2n) is 6.77. The van der Waals surface area contributed by atoms with Crippen LogP contribution in [0.15, 0.2) is 30.6 Å². The van der Waals surface area contributed by atoms with E-state index in [-0.39, 0.29) is 0 Å². The van der Waals surface area contributed by atoms with Gasteiger partial charge in [-0.2, -0.15) is 0 Å². The van der Waals surface area contributed by atoms with Gasteiger partial charge in [-0.3, -0.25) is 0 Å². The van der Waals surface area contributed by atoms with E-state index in [9.17, 15) is 0 Å². The molecular formula is C19H20N4. The highest BCUT2D eigenvalue weighted by Gasteiger charge is 2.22. The molecule has 116 valence electrons. The molecule has 2 aromatic heterocycles. The molecule has 0 spiro atoms. The van der Waals surface area contributed by atoms with Crippen molar-refractivity contribution in [1.29, 1.82) is 0 Å². The van der Waals surface area contributed by atoms with Crippen LogP contribution in [-0.2, 0) is 6.42 Å². The highest BCUT2D eigenvalue weighted by molar-refractivity contribution is 5.99. The summed E-state index contributed by atoms with van der Waals surface area (Å²) in [5.74, 6) is 0.782. The van der Waals surface area contributed by atoms with Gasteiger partial charge in [-0.1, -0.05) is 31.4 Å². The third kappa shape index (κ3) is 2.12. The predicted molar refractivity (Wildman–Crippen MR) is 92.6 cm³/mol. The number of nitrogens with one attached hydrogen (secondary N) is 2. The molecule has 1 fully saturated rings. The number of anilines is 1. The van der Waals surface area contributed by atoms with Crippen LogP contribution in [0.25, 0.3) is 22.2 Å². The minimum Gasteiger partial charge on any atom is -0.360 e. The molecule has 5 rings (SSSR count). The molecule has 0 saturated heterocycles. The van der Waals surface area contributed by atoms with Crippen molar-refractivity contribution in [3.8, 4) is 11.3 Å². The summed E-state index contributed by atoms with van der Waals surface area (Å²) < 4.78 is 0. The Balaban J connectivity index is 1.55. The van der Waals surface area contributed by atoms with Gasteiger partial charge in [-0.15, -0.1) is 0 Å². The summed E-state index contributed by atoms with van der Waals surface area (Å²) in [6.45, 7) is 0. The summed E-state index contributed by atoms with van der Waals surface area (Å²) in [5.41, 5.74) is 6.08. The summed E-state index contributed by atoms with van der Waals surface area (Å²) in [6, 6.07) is 6.99. The first-order valence-corrected chi connectivity index (χ1v) is 8.60. The van der Waals surface area contributed by atoms with Crippen molar-refractivity contribution in [2.75, 3.05) is 5.32 Å². The van der Waals surface area contributed by atoms with Gasteiger partial charge in [-0.25, -0.2) is 9.97 Å². The van der Waals surface area contributed by atoms with Crippen LogP contribution in [0.2, 0.25) is 0 Å². The lowest BCUT2D eigenvalue weighted by atomic mass is 9.91. The fraction of sp³-hybridized carbons (Fsp3) is 0.368. The fourth-order valence-corrected chi connectivity index (χ4v) is 4.07. The Hall–Kier alpha value is -2.36. The van der Waals surface area contributed by atoms with Gasteiger partial charge in [0.25, 0.3) is 0 Å². The summed E-state index contributed by atoms with van der Waals surface area (Å²) in [6.07, 6.45) is 11.5. The van der Waals surface area contributed by atoms with Crippen LogP contribution in [0, 0.1) is 0 Å². The molecule has 0 aliphatic heterocycles. The average molecular weight is 304 g/mol. The van der Waals surface area contributed by atoms with E-state index in [2.05, 4.69) is 39.7 Å². The number of benzene rings is 1. The van der Waals surface area contributed by atoms with E-state index < -0.39 is 0 Å². The molecule has 4 nitrogen and oxygen atoms in total. The Labute approximate surface area is 135 Å². The van der Waals surface area contributed by atoms with Crippen molar-refractivity contribution >= 4 is 16.9 Å². The van der Waals surface area contributed by atoms with E-state index in [1.54, 1.807) is 0 Å². The van der Waals surface area contributed by atoms with Gasteiger partial charge in [0, 0.05) is 46.9 Å². The predicted octanol–water partition coefficient (Wildman–Crippen LogP) is 4.27. The van der Waals surface area contributed by atoms with Gasteiger partial charge in [0.15, 0.2) is 0 Å². The van der Waals surface area contributed by atoms with E-state index in [0.29, 0.717) is 6.04 Å². The van der Waals surface area contributed by atoms with Gasteiger partial charge in [0.2, 0.25) is 5.95 Å². The summed E-state index contributed by atoms with van der Waals surface area (Å²) in [4.78, 5) is 12.8. The van der Waals surface area contributed by atoms with Gasteiger partial charge in [0.1, 0.15) is 0 Å². The molecule has 0 atom stereocenters. The molecule has 1 aromatic carbocycles. The molecular weight excluding hydrogens is 284 g/mol. The first-order chi connectivity index (χ1) is 11.4.